The van der Waals surface area contributed by atoms with Crippen molar-refractivity contribution >= 4 is 46.6 Å². The van der Waals surface area contributed by atoms with Crippen molar-refractivity contribution in [3.05, 3.63) is 58.6 Å². The molecule has 2 aromatic rings. The minimum absolute atomic E-state index is 0.131. The number of anilines is 2. The van der Waals surface area contributed by atoms with E-state index in [-0.39, 0.29) is 12.0 Å². The van der Waals surface area contributed by atoms with Gasteiger partial charge in [0.05, 0.1) is 0 Å². The van der Waals surface area contributed by atoms with Crippen LogP contribution in [-0.2, 0) is 0 Å². The zero-order valence-corrected chi connectivity index (χ0v) is 13.6. The number of nitrogens with zero attached hydrogens (tertiary/aromatic N) is 2. The molecule has 3 rings (SSSR count). The standard InChI is InChI=1S/C16H14Cl2N4O/c17-11-4-6-14(7-5-11)21-8-9-22(15(21)19)16(23)20-13-3-1-2-12(18)10-13/h1-7,10,19H,8-9H2,(H,20,23). The van der Waals surface area contributed by atoms with E-state index >= 15 is 0 Å². The molecule has 7 heteroatoms. The van der Waals surface area contributed by atoms with Crippen LogP contribution in [0.1, 0.15) is 0 Å². The van der Waals surface area contributed by atoms with Crippen molar-refractivity contribution in [3.8, 4) is 0 Å². The fourth-order valence-electron chi connectivity index (χ4n) is 2.38. The highest BCUT2D eigenvalue weighted by atomic mass is 35.5. The Kier molecular flexibility index (Phi) is 4.41. The monoisotopic (exact) mass is 348 g/mol. The van der Waals surface area contributed by atoms with Gasteiger partial charge in [0.1, 0.15) is 0 Å². The van der Waals surface area contributed by atoms with Crippen molar-refractivity contribution in [1.82, 2.24) is 4.90 Å². The van der Waals surface area contributed by atoms with Crippen molar-refractivity contribution in [2.75, 3.05) is 23.3 Å². The van der Waals surface area contributed by atoms with Crippen molar-refractivity contribution < 1.29 is 4.79 Å². The molecule has 0 atom stereocenters. The fourth-order valence-corrected chi connectivity index (χ4v) is 2.70. The zero-order chi connectivity index (χ0) is 16.4. The first-order valence-corrected chi connectivity index (χ1v) is 7.76. The number of amides is 2. The molecule has 0 bridgehead atoms. The minimum Gasteiger partial charge on any atom is -0.311 e. The number of nitrogens with one attached hydrogen (secondary N) is 2. The first-order chi connectivity index (χ1) is 11.0. The van der Waals surface area contributed by atoms with E-state index in [0.29, 0.717) is 28.8 Å². The van der Waals surface area contributed by atoms with Gasteiger partial charge in [0.2, 0.25) is 5.96 Å². The summed E-state index contributed by atoms with van der Waals surface area (Å²) in [6.45, 7) is 0.997. The maximum atomic E-state index is 12.4. The van der Waals surface area contributed by atoms with Crippen molar-refractivity contribution in [3.63, 3.8) is 0 Å². The molecule has 2 N–H and O–H groups in total. The predicted molar refractivity (Wildman–Crippen MR) is 93.7 cm³/mol. The quantitative estimate of drug-likeness (QED) is 0.850. The highest BCUT2D eigenvalue weighted by Crippen LogP contribution is 2.23. The van der Waals surface area contributed by atoms with E-state index in [1.54, 1.807) is 41.3 Å². The van der Waals surface area contributed by atoms with E-state index in [1.807, 2.05) is 12.1 Å². The Balaban J connectivity index is 1.71. The predicted octanol–water partition coefficient (Wildman–Crippen LogP) is 4.28. The lowest BCUT2D eigenvalue weighted by Gasteiger charge is -2.21. The number of rotatable bonds is 2. The molecule has 0 unspecified atom stereocenters. The lowest BCUT2D eigenvalue weighted by atomic mass is 10.3. The molecule has 0 aliphatic carbocycles. The van der Waals surface area contributed by atoms with E-state index in [0.717, 1.165) is 5.69 Å². The van der Waals surface area contributed by atoms with Gasteiger partial charge in [-0.2, -0.15) is 0 Å². The molecule has 1 fully saturated rings. The maximum Gasteiger partial charge on any atom is 0.328 e. The van der Waals surface area contributed by atoms with Crippen LogP contribution in [0.2, 0.25) is 10.0 Å². The maximum absolute atomic E-state index is 12.4. The summed E-state index contributed by atoms with van der Waals surface area (Å²) in [6, 6.07) is 13.7. The van der Waals surface area contributed by atoms with Gasteiger partial charge in [0.25, 0.3) is 0 Å². The zero-order valence-electron chi connectivity index (χ0n) is 12.1. The summed E-state index contributed by atoms with van der Waals surface area (Å²) in [5.41, 5.74) is 1.43. The van der Waals surface area contributed by atoms with Crippen molar-refractivity contribution in [2.24, 2.45) is 0 Å². The van der Waals surface area contributed by atoms with Gasteiger partial charge < -0.3 is 10.2 Å². The van der Waals surface area contributed by atoms with E-state index in [2.05, 4.69) is 5.32 Å². The molecule has 1 aliphatic heterocycles. The highest BCUT2D eigenvalue weighted by Gasteiger charge is 2.30. The normalized spacial score (nSPS) is 14.3. The summed E-state index contributed by atoms with van der Waals surface area (Å²) in [7, 11) is 0. The molecule has 1 saturated heterocycles. The third-order valence-corrected chi connectivity index (χ3v) is 4.00. The average Bonchev–Trinajstić information content (AvgIpc) is 2.90. The topological polar surface area (TPSA) is 59.4 Å². The van der Waals surface area contributed by atoms with E-state index < -0.39 is 0 Å². The number of carbonyl (C=O) groups excluding carboxylic acids is 1. The van der Waals surface area contributed by atoms with Gasteiger partial charge in [-0.05, 0) is 42.5 Å². The second-order valence-corrected chi connectivity index (χ2v) is 5.92. The molecule has 0 aromatic heterocycles. The molecule has 1 heterocycles. The summed E-state index contributed by atoms with van der Waals surface area (Å²) >= 11 is 11.8. The van der Waals surface area contributed by atoms with E-state index in [1.165, 1.54) is 4.90 Å². The molecular weight excluding hydrogens is 335 g/mol. The molecule has 5 nitrogen and oxygen atoms in total. The number of hydrogen-bond donors (Lipinski definition) is 2. The smallest absolute Gasteiger partial charge is 0.311 e. The molecule has 23 heavy (non-hydrogen) atoms. The van der Waals surface area contributed by atoms with Gasteiger partial charge >= 0.3 is 6.03 Å². The molecule has 118 valence electrons. The number of hydrogen-bond acceptors (Lipinski definition) is 2. The highest BCUT2D eigenvalue weighted by molar-refractivity contribution is 6.31. The summed E-state index contributed by atoms with van der Waals surface area (Å²) in [4.78, 5) is 15.5. The first kappa shape index (κ1) is 15.6. The molecule has 1 aliphatic rings. The average molecular weight is 349 g/mol. The third kappa shape index (κ3) is 3.41. The van der Waals surface area contributed by atoms with Gasteiger partial charge in [-0.1, -0.05) is 29.3 Å². The van der Waals surface area contributed by atoms with Gasteiger partial charge in [0, 0.05) is 34.5 Å². The number of benzene rings is 2. The van der Waals surface area contributed by atoms with Crippen LogP contribution in [-0.4, -0.2) is 30.0 Å². The van der Waals surface area contributed by atoms with Crippen LogP contribution in [0.3, 0.4) is 0 Å². The Hall–Kier alpha value is -2.24. The van der Waals surface area contributed by atoms with Crippen LogP contribution in [0.25, 0.3) is 0 Å². The van der Waals surface area contributed by atoms with Crippen LogP contribution < -0.4 is 10.2 Å². The van der Waals surface area contributed by atoms with Crippen molar-refractivity contribution in [1.29, 1.82) is 5.41 Å². The van der Waals surface area contributed by atoms with Gasteiger partial charge in [-0.3, -0.25) is 10.3 Å². The van der Waals surface area contributed by atoms with E-state index in [9.17, 15) is 4.79 Å². The second kappa shape index (κ2) is 6.48. The molecule has 0 radical (unpaired) electrons. The Bertz CT molecular complexity index is 748. The summed E-state index contributed by atoms with van der Waals surface area (Å²) < 4.78 is 0. The number of guanidine groups is 1. The molecular formula is C16H14Cl2N4O. The summed E-state index contributed by atoms with van der Waals surface area (Å²) in [5.74, 6) is 0.131. The Morgan fingerprint density at radius 2 is 1.78 bits per heavy atom. The van der Waals surface area contributed by atoms with Crippen LogP contribution >= 0.6 is 23.2 Å². The second-order valence-electron chi connectivity index (χ2n) is 5.04. The molecule has 2 aromatic carbocycles. The van der Waals surface area contributed by atoms with Gasteiger partial charge in [-0.15, -0.1) is 0 Å². The van der Waals surface area contributed by atoms with Crippen LogP contribution in [0.5, 0.6) is 0 Å². The number of carbonyl (C=O) groups is 1. The summed E-state index contributed by atoms with van der Waals surface area (Å²) in [5, 5.41) is 12.2. The SMILES string of the molecule is N=C1N(C(=O)Nc2cccc(Cl)c2)CCN1c1ccc(Cl)cc1. The van der Waals surface area contributed by atoms with Crippen LogP contribution in [0, 0.1) is 5.41 Å². The van der Waals surface area contributed by atoms with Crippen molar-refractivity contribution in [2.45, 2.75) is 0 Å². The third-order valence-electron chi connectivity index (χ3n) is 3.52. The summed E-state index contributed by atoms with van der Waals surface area (Å²) in [6.07, 6.45) is 0. The fraction of sp³-hybridized carbons (Fsp3) is 0.125. The Morgan fingerprint density at radius 3 is 2.48 bits per heavy atom. The number of urea groups is 1. The molecule has 0 spiro atoms. The van der Waals surface area contributed by atoms with Crippen LogP contribution in [0.4, 0.5) is 16.2 Å². The van der Waals surface area contributed by atoms with Crippen LogP contribution in [0.15, 0.2) is 48.5 Å². The molecule has 2 amide bonds. The van der Waals surface area contributed by atoms with Gasteiger partial charge in [0.15, 0.2) is 0 Å². The largest absolute Gasteiger partial charge is 0.328 e. The lowest BCUT2D eigenvalue weighted by Crippen LogP contribution is -2.39. The lowest BCUT2D eigenvalue weighted by molar-refractivity contribution is 0.236. The Labute approximate surface area is 143 Å². The minimum atomic E-state index is -0.353. The first-order valence-electron chi connectivity index (χ1n) is 7.00. The number of halogens is 2. The molecule has 0 saturated carbocycles. The van der Waals surface area contributed by atoms with Gasteiger partial charge in [-0.25, -0.2) is 4.79 Å². The Morgan fingerprint density at radius 1 is 1.04 bits per heavy atom. The van der Waals surface area contributed by atoms with E-state index in [4.69, 9.17) is 28.6 Å².